The number of piperidine rings is 1. The Bertz CT molecular complexity index is 576. The van der Waals surface area contributed by atoms with Gasteiger partial charge in [-0.1, -0.05) is 0 Å². The molecule has 1 fully saturated rings. The van der Waals surface area contributed by atoms with Crippen LogP contribution in [0.4, 0.5) is 0 Å². The molecule has 1 aliphatic heterocycles. The van der Waals surface area contributed by atoms with Gasteiger partial charge >= 0.3 is 0 Å². The molecule has 1 aliphatic rings. The van der Waals surface area contributed by atoms with Crippen LogP contribution in [0.3, 0.4) is 0 Å². The third-order valence-electron chi connectivity index (χ3n) is 4.06. The molecular formula is C16H25N5O2. The Labute approximate surface area is 136 Å². The fourth-order valence-corrected chi connectivity index (χ4v) is 2.97. The molecule has 1 saturated heterocycles. The van der Waals surface area contributed by atoms with E-state index < -0.39 is 0 Å². The molecule has 126 valence electrons. The molecular weight excluding hydrogens is 294 g/mol. The number of rotatable bonds is 6. The van der Waals surface area contributed by atoms with E-state index in [2.05, 4.69) is 20.2 Å². The van der Waals surface area contributed by atoms with Crippen LogP contribution in [0.15, 0.2) is 6.07 Å². The number of nitrogens with one attached hydrogen (secondary N) is 1. The lowest BCUT2D eigenvalue weighted by molar-refractivity contribution is -0.121. The minimum Gasteiger partial charge on any atom is -0.369 e. The van der Waals surface area contributed by atoms with Gasteiger partial charge in [-0.2, -0.15) is 0 Å². The van der Waals surface area contributed by atoms with Crippen molar-refractivity contribution in [1.29, 1.82) is 0 Å². The summed E-state index contributed by atoms with van der Waals surface area (Å²) in [7, 11) is 1.63. The van der Waals surface area contributed by atoms with Crippen molar-refractivity contribution in [1.82, 2.24) is 20.2 Å². The number of carbonyl (C=O) groups excluding carboxylic acids is 2. The first-order chi connectivity index (χ1) is 11.0. The molecule has 2 amide bonds. The summed E-state index contributed by atoms with van der Waals surface area (Å²) >= 11 is 0. The highest BCUT2D eigenvalue weighted by atomic mass is 16.1. The van der Waals surface area contributed by atoms with Crippen LogP contribution in [0.1, 0.15) is 42.4 Å². The quantitative estimate of drug-likeness (QED) is 0.776. The van der Waals surface area contributed by atoms with Gasteiger partial charge in [0.25, 0.3) is 0 Å². The molecule has 7 heteroatoms. The van der Waals surface area contributed by atoms with Crippen molar-refractivity contribution in [3.63, 3.8) is 0 Å². The number of hydrogen-bond donors (Lipinski definition) is 2. The monoisotopic (exact) mass is 319 g/mol. The van der Waals surface area contributed by atoms with Crippen molar-refractivity contribution in [2.45, 2.75) is 38.5 Å². The van der Waals surface area contributed by atoms with E-state index in [1.54, 1.807) is 7.05 Å². The number of amides is 2. The van der Waals surface area contributed by atoms with Crippen molar-refractivity contribution < 1.29 is 9.59 Å². The molecule has 1 aromatic rings. The van der Waals surface area contributed by atoms with Gasteiger partial charge in [0.1, 0.15) is 5.82 Å². The Hall–Kier alpha value is -2.02. The van der Waals surface area contributed by atoms with Gasteiger partial charge in [-0.05, 0) is 38.8 Å². The van der Waals surface area contributed by atoms with Gasteiger partial charge in [0.2, 0.25) is 11.8 Å². The van der Waals surface area contributed by atoms with Crippen LogP contribution < -0.4 is 11.1 Å². The van der Waals surface area contributed by atoms with Crippen molar-refractivity contribution in [3.05, 3.63) is 23.3 Å². The average Bonchev–Trinajstić information content (AvgIpc) is 2.51. The smallest absolute Gasteiger partial charge is 0.231 e. The van der Waals surface area contributed by atoms with E-state index in [9.17, 15) is 9.59 Å². The van der Waals surface area contributed by atoms with Crippen LogP contribution in [0.2, 0.25) is 0 Å². The summed E-state index contributed by atoms with van der Waals surface area (Å²) < 4.78 is 0. The number of aryl methyl sites for hydroxylation is 2. The van der Waals surface area contributed by atoms with Crippen LogP contribution >= 0.6 is 0 Å². The normalized spacial score (nSPS) is 18.6. The summed E-state index contributed by atoms with van der Waals surface area (Å²) in [6, 6.07) is 1.93. The predicted octanol–water partition coefficient (Wildman–Crippen LogP) is 0.128. The van der Waals surface area contributed by atoms with Gasteiger partial charge in [-0.3, -0.25) is 14.5 Å². The van der Waals surface area contributed by atoms with Gasteiger partial charge in [-0.25, -0.2) is 9.97 Å². The molecule has 0 radical (unpaired) electrons. The molecule has 2 rings (SSSR count). The largest absolute Gasteiger partial charge is 0.369 e. The maximum atomic E-state index is 11.4. The highest BCUT2D eigenvalue weighted by Crippen LogP contribution is 2.24. The second kappa shape index (κ2) is 8.01. The SMILES string of the molecule is CNC(=O)CCc1cc(C)nc([C@H]2CCCN(CC(N)=O)C2)n1. The van der Waals surface area contributed by atoms with E-state index in [1.165, 1.54) is 0 Å². The van der Waals surface area contributed by atoms with Gasteiger partial charge in [0.05, 0.1) is 6.54 Å². The van der Waals surface area contributed by atoms with Crippen molar-refractivity contribution in [2.24, 2.45) is 5.73 Å². The zero-order chi connectivity index (χ0) is 16.8. The first-order valence-electron chi connectivity index (χ1n) is 8.03. The van der Waals surface area contributed by atoms with E-state index in [1.807, 2.05) is 13.0 Å². The molecule has 3 N–H and O–H groups in total. The maximum absolute atomic E-state index is 11.4. The lowest BCUT2D eigenvalue weighted by atomic mass is 9.96. The summed E-state index contributed by atoms with van der Waals surface area (Å²) in [5.74, 6) is 0.725. The fraction of sp³-hybridized carbons (Fsp3) is 0.625. The number of nitrogens with zero attached hydrogens (tertiary/aromatic N) is 3. The highest BCUT2D eigenvalue weighted by Gasteiger charge is 2.24. The van der Waals surface area contributed by atoms with Crippen LogP contribution in [-0.4, -0.2) is 53.4 Å². The molecule has 1 aromatic heterocycles. The molecule has 0 bridgehead atoms. The molecule has 0 saturated carbocycles. The Kier molecular flexibility index (Phi) is 6.04. The molecule has 0 aromatic carbocycles. The van der Waals surface area contributed by atoms with Crippen LogP contribution in [-0.2, 0) is 16.0 Å². The van der Waals surface area contributed by atoms with E-state index in [0.29, 0.717) is 12.8 Å². The highest BCUT2D eigenvalue weighted by molar-refractivity contribution is 5.76. The van der Waals surface area contributed by atoms with E-state index >= 15 is 0 Å². The Morgan fingerprint density at radius 1 is 1.43 bits per heavy atom. The van der Waals surface area contributed by atoms with Crippen molar-refractivity contribution in [3.8, 4) is 0 Å². The number of primary amides is 1. The third-order valence-corrected chi connectivity index (χ3v) is 4.06. The van der Waals surface area contributed by atoms with E-state index in [-0.39, 0.29) is 24.3 Å². The summed E-state index contributed by atoms with van der Waals surface area (Å²) in [4.78, 5) is 33.8. The number of likely N-dealkylation sites (tertiary alicyclic amines) is 1. The van der Waals surface area contributed by atoms with Crippen LogP contribution in [0.25, 0.3) is 0 Å². The Morgan fingerprint density at radius 3 is 2.91 bits per heavy atom. The lowest BCUT2D eigenvalue weighted by Crippen LogP contribution is -2.40. The maximum Gasteiger partial charge on any atom is 0.231 e. The average molecular weight is 319 g/mol. The van der Waals surface area contributed by atoms with Crippen LogP contribution in [0, 0.1) is 6.92 Å². The number of aromatic nitrogens is 2. The first kappa shape index (κ1) is 17.3. The molecule has 0 aliphatic carbocycles. The van der Waals surface area contributed by atoms with Gasteiger partial charge in [-0.15, -0.1) is 0 Å². The van der Waals surface area contributed by atoms with Gasteiger partial charge in [0, 0.05) is 37.3 Å². The topological polar surface area (TPSA) is 101 Å². The van der Waals surface area contributed by atoms with Crippen molar-refractivity contribution in [2.75, 3.05) is 26.7 Å². The molecule has 2 heterocycles. The third kappa shape index (κ3) is 5.28. The summed E-state index contributed by atoms with van der Waals surface area (Å²) in [5.41, 5.74) is 7.09. The van der Waals surface area contributed by atoms with E-state index in [4.69, 9.17) is 5.73 Å². The molecule has 0 spiro atoms. The zero-order valence-electron chi connectivity index (χ0n) is 13.8. The summed E-state index contributed by atoms with van der Waals surface area (Å²) in [6.45, 7) is 3.86. The molecule has 23 heavy (non-hydrogen) atoms. The zero-order valence-corrected chi connectivity index (χ0v) is 13.8. The summed E-state index contributed by atoms with van der Waals surface area (Å²) in [5, 5.41) is 2.62. The Morgan fingerprint density at radius 2 is 2.22 bits per heavy atom. The Balaban J connectivity index is 2.07. The standard InChI is InChI=1S/C16H25N5O2/c1-11-8-13(5-6-15(23)18-2)20-16(19-11)12-4-3-7-21(9-12)10-14(17)22/h8,12H,3-7,9-10H2,1-2H3,(H2,17,22)(H,18,23)/t12-/m0/s1. The minimum atomic E-state index is -0.304. The summed E-state index contributed by atoms with van der Waals surface area (Å²) in [6.07, 6.45) is 3.04. The van der Waals surface area contributed by atoms with Crippen LogP contribution in [0.5, 0.6) is 0 Å². The second-order valence-electron chi connectivity index (χ2n) is 6.07. The van der Waals surface area contributed by atoms with Gasteiger partial charge in [0.15, 0.2) is 0 Å². The first-order valence-corrected chi connectivity index (χ1v) is 8.03. The van der Waals surface area contributed by atoms with Gasteiger partial charge < -0.3 is 11.1 Å². The van der Waals surface area contributed by atoms with Crippen molar-refractivity contribution >= 4 is 11.8 Å². The number of nitrogens with two attached hydrogens (primary N) is 1. The molecule has 1 atom stereocenters. The fourth-order valence-electron chi connectivity index (χ4n) is 2.97. The predicted molar refractivity (Wildman–Crippen MR) is 86.8 cm³/mol. The lowest BCUT2D eigenvalue weighted by Gasteiger charge is -2.31. The number of carbonyl (C=O) groups is 2. The number of hydrogen-bond acceptors (Lipinski definition) is 5. The molecule has 0 unspecified atom stereocenters. The van der Waals surface area contributed by atoms with E-state index in [0.717, 1.165) is 43.1 Å². The second-order valence-corrected chi connectivity index (χ2v) is 6.07. The molecule has 7 nitrogen and oxygen atoms in total. The minimum absolute atomic E-state index is 0.00751.